The van der Waals surface area contributed by atoms with Crippen LogP contribution in [-0.2, 0) is 0 Å². The summed E-state index contributed by atoms with van der Waals surface area (Å²) in [6, 6.07) is 1.30. The lowest BCUT2D eigenvalue weighted by Gasteiger charge is -2.12. The summed E-state index contributed by atoms with van der Waals surface area (Å²) in [5.74, 6) is -0.898. The molecule has 86 valence electrons. The van der Waals surface area contributed by atoms with Gasteiger partial charge in [0.15, 0.2) is 0 Å². The standard InChI is InChI=1S/C11H12ClFN2O/c12-10-9(5-7(13)6-14-10)11(16)15-8-3-1-2-4-8/h5-6,8H,1-4H2,(H,15,16). The number of pyridine rings is 1. The Bertz CT molecular complexity index is 405. The van der Waals surface area contributed by atoms with Crippen molar-refractivity contribution in [3.63, 3.8) is 0 Å². The minimum Gasteiger partial charge on any atom is -0.349 e. The number of carbonyl (C=O) groups is 1. The number of halogens is 2. The zero-order valence-electron chi connectivity index (χ0n) is 8.67. The molecule has 1 saturated carbocycles. The summed E-state index contributed by atoms with van der Waals surface area (Å²) in [6.07, 6.45) is 5.20. The smallest absolute Gasteiger partial charge is 0.254 e. The molecule has 0 spiro atoms. The van der Waals surface area contributed by atoms with E-state index in [2.05, 4.69) is 10.3 Å². The molecule has 0 atom stereocenters. The van der Waals surface area contributed by atoms with Gasteiger partial charge < -0.3 is 5.32 Å². The molecular weight excluding hydrogens is 231 g/mol. The Morgan fingerprint density at radius 2 is 2.19 bits per heavy atom. The summed E-state index contributed by atoms with van der Waals surface area (Å²) in [7, 11) is 0. The highest BCUT2D eigenvalue weighted by molar-refractivity contribution is 6.32. The first-order valence-electron chi connectivity index (χ1n) is 5.29. The molecule has 16 heavy (non-hydrogen) atoms. The number of nitrogens with zero attached hydrogens (tertiary/aromatic N) is 1. The van der Waals surface area contributed by atoms with Crippen molar-refractivity contribution in [3.8, 4) is 0 Å². The van der Waals surface area contributed by atoms with Gasteiger partial charge in [0.2, 0.25) is 0 Å². The molecule has 0 saturated heterocycles. The van der Waals surface area contributed by atoms with Crippen molar-refractivity contribution in [3.05, 3.63) is 28.8 Å². The van der Waals surface area contributed by atoms with Crippen molar-refractivity contribution in [2.45, 2.75) is 31.7 Å². The highest BCUT2D eigenvalue weighted by Gasteiger charge is 2.20. The van der Waals surface area contributed by atoms with Gasteiger partial charge in [-0.25, -0.2) is 9.37 Å². The lowest BCUT2D eigenvalue weighted by atomic mass is 10.2. The van der Waals surface area contributed by atoms with Gasteiger partial charge >= 0.3 is 0 Å². The lowest BCUT2D eigenvalue weighted by molar-refractivity contribution is 0.0937. The first-order chi connectivity index (χ1) is 7.66. The third-order valence-corrected chi connectivity index (χ3v) is 3.04. The zero-order valence-corrected chi connectivity index (χ0v) is 9.43. The fourth-order valence-electron chi connectivity index (χ4n) is 1.92. The topological polar surface area (TPSA) is 42.0 Å². The third kappa shape index (κ3) is 2.50. The molecule has 0 unspecified atom stereocenters. The molecular formula is C11H12ClFN2O. The molecule has 0 aromatic carbocycles. The van der Waals surface area contributed by atoms with Gasteiger partial charge in [0.05, 0.1) is 11.8 Å². The van der Waals surface area contributed by atoms with Crippen LogP contribution in [0.25, 0.3) is 0 Å². The van der Waals surface area contributed by atoms with E-state index < -0.39 is 5.82 Å². The Labute approximate surface area is 98.0 Å². The Balaban J connectivity index is 2.10. The van der Waals surface area contributed by atoms with Crippen molar-refractivity contribution in [2.75, 3.05) is 0 Å². The minimum atomic E-state index is -0.555. The van der Waals surface area contributed by atoms with E-state index in [1.54, 1.807) is 0 Å². The van der Waals surface area contributed by atoms with Gasteiger partial charge in [-0.2, -0.15) is 0 Å². The van der Waals surface area contributed by atoms with Gasteiger partial charge in [-0.05, 0) is 18.9 Å². The third-order valence-electron chi connectivity index (χ3n) is 2.74. The maximum absolute atomic E-state index is 12.9. The fraction of sp³-hybridized carbons (Fsp3) is 0.455. The molecule has 1 aliphatic rings. The van der Waals surface area contributed by atoms with E-state index in [4.69, 9.17) is 11.6 Å². The van der Waals surface area contributed by atoms with Gasteiger partial charge in [0.25, 0.3) is 5.91 Å². The van der Waals surface area contributed by atoms with E-state index >= 15 is 0 Å². The first kappa shape index (κ1) is 11.3. The van der Waals surface area contributed by atoms with Crippen molar-refractivity contribution >= 4 is 17.5 Å². The molecule has 0 bridgehead atoms. The summed E-state index contributed by atoms with van der Waals surface area (Å²) >= 11 is 5.74. The monoisotopic (exact) mass is 242 g/mol. The predicted molar refractivity (Wildman–Crippen MR) is 58.9 cm³/mol. The maximum Gasteiger partial charge on any atom is 0.254 e. The van der Waals surface area contributed by atoms with Gasteiger partial charge in [-0.3, -0.25) is 4.79 Å². The van der Waals surface area contributed by atoms with Crippen LogP contribution in [-0.4, -0.2) is 16.9 Å². The molecule has 1 aromatic rings. The molecule has 1 aliphatic carbocycles. The van der Waals surface area contributed by atoms with Crippen molar-refractivity contribution in [1.82, 2.24) is 10.3 Å². The van der Waals surface area contributed by atoms with Crippen LogP contribution in [0.15, 0.2) is 12.3 Å². The molecule has 2 rings (SSSR count). The number of hydrogen-bond donors (Lipinski definition) is 1. The van der Waals surface area contributed by atoms with Crippen LogP contribution in [0.3, 0.4) is 0 Å². The number of amides is 1. The lowest BCUT2D eigenvalue weighted by Crippen LogP contribution is -2.32. The summed E-state index contributed by atoms with van der Waals surface area (Å²) < 4.78 is 12.9. The first-order valence-corrected chi connectivity index (χ1v) is 5.66. The highest BCUT2D eigenvalue weighted by atomic mass is 35.5. The van der Waals surface area contributed by atoms with E-state index in [1.165, 1.54) is 0 Å². The molecule has 5 heteroatoms. The second-order valence-electron chi connectivity index (χ2n) is 3.95. The van der Waals surface area contributed by atoms with Crippen molar-refractivity contribution in [2.24, 2.45) is 0 Å². The Hall–Kier alpha value is -1.16. The van der Waals surface area contributed by atoms with Crippen LogP contribution in [0.1, 0.15) is 36.0 Å². The van der Waals surface area contributed by atoms with Crippen LogP contribution in [0.4, 0.5) is 4.39 Å². The summed E-state index contributed by atoms with van der Waals surface area (Å²) in [5.41, 5.74) is 0.105. The number of rotatable bonds is 2. The largest absolute Gasteiger partial charge is 0.349 e. The highest BCUT2D eigenvalue weighted by Crippen LogP contribution is 2.19. The molecule has 0 radical (unpaired) electrons. The van der Waals surface area contributed by atoms with Gasteiger partial charge in [0.1, 0.15) is 11.0 Å². The van der Waals surface area contributed by atoms with Gasteiger partial charge in [-0.1, -0.05) is 24.4 Å². The Morgan fingerprint density at radius 1 is 1.50 bits per heavy atom. The number of carbonyl (C=O) groups excluding carboxylic acids is 1. The zero-order chi connectivity index (χ0) is 11.5. The van der Waals surface area contributed by atoms with Crippen LogP contribution in [0, 0.1) is 5.82 Å². The minimum absolute atomic E-state index is 0.0388. The Kier molecular flexibility index (Phi) is 3.39. The molecule has 3 nitrogen and oxygen atoms in total. The van der Waals surface area contributed by atoms with E-state index in [1.807, 2.05) is 0 Å². The second-order valence-corrected chi connectivity index (χ2v) is 4.30. The quantitative estimate of drug-likeness (QED) is 0.810. The van der Waals surface area contributed by atoms with E-state index in [0.717, 1.165) is 37.9 Å². The summed E-state index contributed by atoms with van der Waals surface area (Å²) in [4.78, 5) is 15.4. The van der Waals surface area contributed by atoms with E-state index in [9.17, 15) is 9.18 Å². The molecule has 1 amide bonds. The second kappa shape index (κ2) is 4.78. The molecule has 1 heterocycles. The van der Waals surface area contributed by atoms with Gasteiger partial charge in [0, 0.05) is 6.04 Å². The number of hydrogen-bond acceptors (Lipinski definition) is 2. The SMILES string of the molecule is O=C(NC1CCCC1)c1cc(F)cnc1Cl. The fourth-order valence-corrected chi connectivity index (χ4v) is 2.10. The summed E-state index contributed by atoms with van der Waals surface area (Å²) in [6.45, 7) is 0. The molecule has 0 aliphatic heterocycles. The number of nitrogens with one attached hydrogen (secondary N) is 1. The van der Waals surface area contributed by atoms with Gasteiger partial charge in [-0.15, -0.1) is 0 Å². The van der Waals surface area contributed by atoms with Crippen LogP contribution in [0.5, 0.6) is 0 Å². The van der Waals surface area contributed by atoms with Crippen LogP contribution in [0.2, 0.25) is 5.15 Å². The van der Waals surface area contributed by atoms with Crippen molar-refractivity contribution in [1.29, 1.82) is 0 Å². The average molecular weight is 243 g/mol. The normalized spacial score (nSPS) is 16.4. The average Bonchev–Trinajstić information content (AvgIpc) is 2.74. The van der Waals surface area contributed by atoms with Crippen LogP contribution >= 0.6 is 11.6 Å². The Morgan fingerprint density at radius 3 is 2.88 bits per heavy atom. The van der Waals surface area contributed by atoms with E-state index in [-0.39, 0.29) is 22.7 Å². The van der Waals surface area contributed by atoms with Crippen LogP contribution < -0.4 is 5.32 Å². The van der Waals surface area contributed by atoms with Crippen molar-refractivity contribution < 1.29 is 9.18 Å². The summed E-state index contributed by atoms with van der Waals surface area (Å²) in [5, 5.41) is 2.87. The maximum atomic E-state index is 12.9. The molecule has 1 aromatic heterocycles. The molecule has 1 N–H and O–H groups in total. The van der Waals surface area contributed by atoms with E-state index in [0.29, 0.717) is 0 Å². The predicted octanol–water partition coefficient (Wildman–Crippen LogP) is 2.55. The number of aromatic nitrogens is 1. The molecule has 1 fully saturated rings.